The van der Waals surface area contributed by atoms with Crippen LogP contribution >= 0.6 is 0 Å². The highest BCUT2D eigenvalue weighted by Crippen LogP contribution is 2.30. The highest BCUT2D eigenvalue weighted by molar-refractivity contribution is 6.09. The predicted molar refractivity (Wildman–Crippen MR) is 103 cm³/mol. The number of hydrogen-bond donors (Lipinski definition) is 0. The molecule has 0 aromatic heterocycles. The second kappa shape index (κ2) is 7.49. The second-order valence-electron chi connectivity index (χ2n) is 8.19. The number of ketones is 1. The van der Waals surface area contributed by atoms with E-state index in [2.05, 4.69) is 16.8 Å². The Kier molecular flexibility index (Phi) is 5.09. The Bertz CT molecular complexity index is 676. The van der Waals surface area contributed by atoms with Gasteiger partial charge in [-0.25, -0.2) is 0 Å². The van der Waals surface area contributed by atoms with E-state index < -0.39 is 0 Å². The lowest BCUT2D eigenvalue weighted by Gasteiger charge is -2.23. The van der Waals surface area contributed by atoms with Gasteiger partial charge >= 0.3 is 0 Å². The third kappa shape index (κ3) is 3.55. The van der Waals surface area contributed by atoms with E-state index in [4.69, 9.17) is 0 Å². The van der Waals surface area contributed by atoms with Gasteiger partial charge in [-0.2, -0.15) is 0 Å². The van der Waals surface area contributed by atoms with Gasteiger partial charge in [0.15, 0.2) is 5.78 Å². The number of rotatable bonds is 5. The first-order chi connectivity index (χ1) is 12.6. The van der Waals surface area contributed by atoms with Gasteiger partial charge in [0.05, 0.1) is 5.69 Å². The molecule has 4 rings (SSSR count). The fourth-order valence-corrected chi connectivity index (χ4v) is 4.93. The van der Waals surface area contributed by atoms with Gasteiger partial charge < -0.3 is 14.7 Å². The summed E-state index contributed by atoms with van der Waals surface area (Å²) in [6.45, 7) is 6.79. The molecule has 1 aromatic rings. The van der Waals surface area contributed by atoms with Crippen molar-refractivity contribution in [2.45, 2.75) is 25.7 Å². The molecule has 2 fully saturated rings. The van der Waals surface area contributed by atoms with Crippen molar-refractivity contribution in [3.63, 3.8) is 0 Å². The van der Waals surface area contributed by atoms with Crippen LogP contribution in [0.1, 0.15) is 36.0 Å². The number of unbranched alkanes of at least 4 members (excludes halogenated alkanes) is 1. The number of hydrogen-bond acceptors (Lipinski definition) is 4. The summed E-state index contributed by atoms with van der Waals surface area (Å²) in [7, 11) is 2.23. The van der Waals surface area contributed by atoms with Crippen molar-refractivity contribution in [2.24, 2.45) is 11.8 Å². The zero-order chi connectivity index (χ0) is 18.1. The van der Waals surface area contributed by atoms with Crippen LogP contribution in [-0.2, 0) is 4.79 Å². The van der Waals surface area contributed by atoms with E-state index in [1.807, 2.05) is 29.2 Å². The Morgan fingerprint density at radius 1 is 0.923 bits per heavy atom. The number of anilines is 1. The molecule has 0 N–H and O–H groups in total. The summed E-state index contributed by atoms with van der Waals surface area (Å²) in [4.78, 5) is 31.6. The Morgan fingerprint density at radius 3 is 2.38 bits per heavy atom. The first-order valence-electron chi connectivity index (χ1n) is 9.95. The summed E-state index contributed by atoms with van der Waals surface area (Å²) in [5.41, 5.74) is 1.51. The summed E-state index contributed by atoms with van der Waals surface area (Å²) >= 11 is 0. The maximum atomic E-state index is 12.5. The quantitative estimate of drug-likeness (QED) is 0.760. The van der Waals surface area contributed by atoms with E-state index in [1.165, 1.54) is 26.2 Å². The fourth-order valence-electron chi connectivity index (χ4n) is 4.93. The first-order valence-corrected chi connectivity index (χ1v) is 9.95. The number of fused-ring (bicyclic) bond motifs is 2. The van der Waals surface area contributed by atoms with Crippen molar-refractivity contribution >= 4 is 17.4 Å². The number of carbonyl (C=O) groups excluding carboxylic acids is 2. The number of Topliss-reactive ketones (excluding diaryl/α,β-unsaturated/α-hetero) is 1. The number of nitrogens with zero attached hydrogens (tertiary/aromatic N) is 3. The monoisotopic (exact) mass is 355 g/mol. The zero-order valence-corrected chi connectivity index (χ0v) is 15.7. The predicted octanol–water partition coefficient (Wildman–Crippen LogP) is 2.27. The third-order valence-corrected chi connectivity index (χ3v) is 6.21. The third-order valence-electron chi connectivity index (χ3n) is 6.21. The molecular formula is C21H29N3O2. The molecule has 0 saturated carbocycles. The Balaban J connectivity index is 1.30. The molecule has 2 unspecified atom stereocenters. The molecule has 140 valence electrons. The molecule has 2 atom stereocenters. The average Bonchev–Trinajstić information content (AvgIpc) is 3.12. The van der Waals surface area contributed by atoms with E-state index in [9.17, 15) is 9.59 Å². The van der Waals surface area contributed by atoms with Crippen LogP contribution in [0, 0.1) is 11.8 Å². The lowest BCUT2D eigenvalue weighted by molar-refractivity contribution is -0.118. The van der Waals surface area contributed by atoms with Gasteiger partial charge in [0.25, 0.3) is 0 Å². The van der Waals surface area contributed by atoms with E-state index in [0.717, 1.165) is 36.9 Å². The summed E-state index contributed by atoms with van der Waals surface area (Å²) in [6.07, 6.45) is 2.75. The maximum Gasteiger partial charge on any atom is 0.227 e. The molecular weight excluding hydrogens is 326 g/mol. The number of para-hydroxylation sites is 1. The van der Waals surface area contributed by atoms with Gasteiger partial charge in [-0.15, -0.1) is 0 Å². The minimum atomic E-state index is 0.0852. The highest BCUT2D eigenvalue weighted by atomic mass is 16.2. The van der Waals surface area contributed by atoms with Crippen LogP contribution in [0.3, 0.4) is 0 Å². The van der Waals surface area contributed by atoms with Gasteiger partial charge in [0, 0.05) is 51.1 Å². The minimum absolute atomic E-state index is 0.0852. The smallest absolute Gasteiger partial charge is 0.227 e. The molecule has 1 amide bonds. The second-order valence-corrected chi connectivity index (χ2v) is 8.19. The molecule has 26 heavy (non-hydrogen) atoms. The van der Waals surface area contributed by atoms with Gasteiger partial charge in [0.2, 0.25) is 5.91 Å². The molecule has 1 aromatic carbocycles. The Morgan fingerprint density at radius 2 is 1.62 bits per heavy atom. The molecule has 2 saturated heterocycles. The molecule has 0 aliphatic carbocycles. The van der Waals surface area contributed by atoms with Gasteiger partial charge in [0.1, 0.15) is 0 Å². The molecule has 5 nitrogen and oxygen atoms in total. The molecule has 3 heterocycles. The number of benzene rings is 1. The molecule has 3 aliphatic heterocycles. The number of amides is 1. The molecule has 0 spiro atoms. The van der Waals surface area contributed by atoms with Gasteiger partial charge in [-0.1, -0.05) is 12.1 Å². The zero-order valence-electron chi connectivity index (χ0n) is 15.7. The SMILES string of the molecule is CN1CC2CN(CCCCN3C(=O)CCC(=O)c4ccccc43)CC2C1. The summed E-state index contributed by atoms with van der Waals surface area (Å²) in [5.74, 6) is 1.88. The standard InChI is InChI=1S/C21H29N3O2/c1-22-12-16-14-23(15-17(16)13-22)10-4-5-11-24-19-7-3-2-6-18(19)20(25)8-9-21(24)26/h2-3,6-7,16-17H,4-5,8-15H2,1H3. The fraction of sp³-hybridized carbons (Fsp3) is 0.619. The van der Waals surface area contributed by atoms with E-state index in [1.54, 1.807) is 0 Å². The van der Waals surface area contributed by atoms with Crippen molar-refractivity contribution in [3.05, 3.63) is 29.8 Å². The number of likely N-dealkylation sites (tertiary alicyclic amines) is 2. The highest BCUT2D eigenvalue weighted by Gasteiger charge is 2.38. The summed E-state index contributed by atoms with van der Waals surface area (Å²) < 4.78 is 0. The van der Waals surface area contributed by atoms with Crippen LogP contribution < -0.4 is 4.90 Å². The molecule has 5 heteroatoms. The van der Waals surface area contributed by atoms with E-state index in [-0.39, 0.29) is 11.7 Å². The molecule has 0 bridgehead atoms. The normalized spacial score (nSPS) is 26.9. The van der Waals surface area contributed by atoms with Crippen molar-refractivity contribution in [1.82, 2.24) is 9.80 Å². The van der Waals surface area contributed by atoms with Gasteiger partial charge in [-0.3, -0.25) is 9.59 Å². The topological polar surface area (TPSA) is 43.9 Å². The molecule has 3 aliphatic rings. The van der Waals surface area contributed by atoms with Crippen molar-refractivity contribution in [1.29, 1.82) is 0 Å². The Labute approximate surface area is 155 Å². The van der Waals surface area contributed by atoms with E-state index in [0.29, 0.717) is 24.9 Å². The van der Waals surface area contributed by atoms with E-state index >= 15 is 0 Å². The Hall–Kier alpha value is -1.72. The van der Waals surface area contributed by atoms with Crippen molar-refractivity contribution in [2.75, 3.05) is 51.2 Å². The number of carbonyl (C=O) groups is 2. The lowest BCUT2D eigenvalue weighted by Crippen LogP contribution is -2.32. The van der Waals surface area contributed by atoms with Crippen LogP contribution in [0.5, 0.6) is 0 Å². The summed E-state index contributed by atoms with van der Waals surface area (Å²) in [6, 6.07) is 7.56. The van der Waals surface area contributed by atoms with Crippen LogP contribution in [-0.4, -0.2) is 67.8 Å². The van der Waals surface area contributed by atoms with Crippen LogP contribution in [0.4, 0.5) is 5.69 Å². The van der Waals surface area contributed by atoms with Crippen LogP contribution in [0.25, 0.3) is 0 Å². The minimum Gasteiger partial charge on any atom is -0.312 e. The van der Waals surface area contributed by atoms with Crippen LogP contribution in [0.15, 0.2) is 24.3 Å². The van der Waals surface area contributed by atoms with Gasteiger partial charge in [-0.05, 0) is 50.4 Å². The maximum absolute atomic E-state index is 12.5. The lowest BCUT2D eigenvalue weighted by atomic mass is 10.0. The summed E-state index contributed by atoms with van der Waals surface area (Å²) in [5, 5.41) is 0. The van der Waals surface area contributed by atoms with Crippen molar-refractivity contribution in [3.8, 4) is 0 Å². The van der Waals surface area contributed by atoms with Crippen molar-refractivity contribution < 1.29 is 9.59 Å². The molecule has 0 radical (unpaired) electrons. The first kappa shape index (κ1) is 17.7. The van der Waals surface area contributed by atoms with Crippen LogP contribution in [0.2, 0.25) is 0 Å². The largest absolute Gasteiger partial charge is 0.312 e. The average molecular weight is 355 g/mol.